The normalized spacial score (nSPS) is 17.4. The summed E-state index contributed by atoms with van der Waals surface area (Å²) in [6.07, 6.45) is 7.07. The van der Waals surface area contributed by atoms with Crippen molar-refractivity contribution in [3.63, 3.8) is 0 Å². The maximum absolute atomic E-state index is 13.2. The van der Waals surface area contributed by atoms with E-state index in [1.165, 1.54) is 4.90 Å². The molecule has 126 valence electrons. The molecule has 0 unspecified atom stereocenters. The van der Waals surface area contributed by atoms with Crippen molar-refractivity contribution in [2.75, 3.05) is 7.05 Å². The van der Waals surface area contributed by atoms with Crippen LogP contribution in [0, 0.1) is 0 Å². The van der Waals surface area contributed by atoms with Gasteiger partial charge in [-0.1, -0.05) is 19.3 Å². The first-order valence-electron chi connectivity index (χ1n) is 8.18. The van der Waals surface area contributed by atoms with Gasteiger partial charge in [0.05, 0.1) is 0 Å². The second-order valence-electron chi connectivity index (χ2n) is 7.20. The molecule has 0 atom stereocenters. The maximum atomic E-state index is 13.2. The molecule has 0 spiro atoms. The number of pyridine rings is 1. The lowest BCUT2D eigenvalue weighted by atomic mass is 9.75. The van der Waals surface area contributed by atoms with Crippen molar-refractivity contribution in [3.05, 3.63) is 30.1 Å². The highest BCUT2D eigenvalue weighted by molar-refractivity contribution is 6.04. The summed E-state index contributed by atoms with van der Waals surface area (Å²) in [4.78, 5) is 31.2. The molecule has 5 nitrogen and oxygen atoms in total. The third kappa shape index (κ3) is 3.89. The minimum absolute atomic E-state index is 0.0204. The number of ether oxygens (including phenoxy) is 1. The second kappa shape index (κ2) is 6.69. The van der Waals surface area contributed by atoms with Gasteiger partial charge in [-0.2, -0.15) is 0 Å². The molecule has 0 bridgehead atoms. The lowest BCUT2D eigenvalue weighted by Crippen LogP contribution is -2.57. The number of hydrogen-bond donors (Lipinski definition) is 0. The number of hydrogen-bond acceptors (Lipinski definition) is 4. The summed E-state index contributed by atoms with van der Waals surface area (Å²) in [7, 11) is 1.68. The Morgan fingerprint density at radius 3 is 2.22 bits per heavy atom. The predicted molar refractivity (Wildman–Crippen MR) is 88.4 cm³/mol. The molecule has 0 N–H and O–H groups in total. The van der Waals surface area contributed by atoms with Gasteiger partial charge < -0.3 is 4.74 Å². The first-order valence-corrected chi connectivity index (χ1v) is 8.18. The van der Waals surface area contributed by atoms with Crippen molar-refractivity contribution in [1.29, 1.82) is 0 Å². The number of carbonyl (C=O) groups excluding carboxylic acids is 2. The fourth-order valence-electron chi connectivity index (χ4n) is 3.13. The lowest BCUT2D eigenvalue weighted by molar-refractivity contribution is -0.000724. The molecule has 1 saturated carbocycles. The highest BCUT2D eigenvalue weighted by atomic mass is 16.6. The van der Waals surface area contributed by atoms with Crippen LogP contribution in [0.5, 0.6) is 0 Å². The Bertz CT molecular complexity index is 557. The zero-order valence-corrected chi connectivity index (χ0v) is 14.5. The predicted octanol–water partition coefficient (Wildman–Crippen LogP) is 3.83. The van der Waals surface area contributed by atoms with Gasteiger partial charge in [0.2, 0.25) is 0 Å². The van der Waals surface area contributed by atoms with E-state index in [0.717, 1.165) is 19.3 Å². The molecular formula is C18H26N2O3. The minimum atomic E-state index is -0.818. The van der Waals surface area contributed by atoms with Crippen molar-refractivity contribution in [1.82, 2.24) is 9.88 Å². The number of carbonyl (C=O) groups is 2. The molecule has 1 amide bonds. The Balaban J connectivity index is 2.32. The van der Waals surface area contributed by atoms with E-state index in [9.17, 15) is 9.59 Å². The van der Waals surface area contributed by atoms with Crippen LogP contribution in [-0.4, -0.2) is 39.9 Å². The number of nitrogens with zero attached hydrogens (tertiary/aromatic N) is 2. The van der Waals surface area contributed by atoms with Gasteiger partial charge in [-0.3, -0.25) is 14.7 Å². The average molecular weight is 318 g/mol. The van der Waals surface area contributed by atoms with Crippen molar-refractivity contribution < 1.29 is 14.3 Å². The summed E-state index contributed by atoms with van der Waals surface area (Å²) in [5.74, 6) is -0.0204. The first kappa shape index (κ1) is 17.4. The molecule has 1 aromatic rings. The van der Waals surface area contributed by atoms with Crippen LogP contribution in [0.1, 0.15) is 63.2 Å². The number of amides is 1. The van der Waals surface area contributed by atoms with Gasteiger partial charge in [0, 0.05) is 25.0 Å². The van der Waals surface area contributed by atoms with Gasteiger partial charge in [-0.15, -0.1) is 0 Å². The third-order valence-electron chi connectivity index (χ3n) is 4.36. The highest BCUT2D eigenvalue weighted by Crippen LogP contribution is 2.36. The molecule has 1 aromatic heterocycles. The van der Waals surface area contributed by atoms with Crippen molar-refractivity contribution in [2.24, 2.45) is 0 Å². The van der Waals surface area contributed by atoms with Gasteiger partial charge in [0.15, 0.2) is 5.78 Å². The zero-order chi connectivity index (χ0) is 17.1. The molecule has 23 heavy (non-hydrogen) atoms. The Labute approximate surface area is 138 Å². The maximum Gasteiger partial charge on any atom is 0.410 e. The van der Waals surface area contributed by atoms with Crippen LogP contribution >= 0.6 is 0 Å². The van der Waals surface area contributed by atoms with Crippen molar-refractivity contribution >= 4 is 11.9 Å². The Kier molecular flexibility index (Phi) is 5.07. The molecule has 1 aliphatic carbocycles. The minimum Gasteiger partial charge on any atom is -0.444 e. The molecule has 1 fully saturated rings. The van der Waals surface area contributed by atoms with E-state index in [-0.39, 0.29) is 5.78 Å². The van der Waals surface area contributed by atoms with Crippen LogP contribution in [0.2, 0.25) is 0 Å². The molecule has 0 saturated heterocycles. The van der Waals surface area contributed by atoms with E-state index in [4.69, 9.17) is 4.74 Å². The molecule has 2 rings (SSSR count). The lowest BCUT2D eigenvalue weighted by Gasteiger charge is -2.43. The molecule has 0 radical (unpaired) electrons. The van der Waals surface area contributed by atoms with Crippen LogP contribution < -0.4 is 0 Å². The number of Topliss-reactive ketones (excluding diaryl/α,β-unsaturated/α-hetero) is 1. The van der Waals surface area contributed by atoms with Crippen molar-refractivity contribution in [3.8, 4) is 0 Å². The van der Waals surface area contributed by atoms with E-state index in [0.29, 0.717) is 18.4 Å². The first-order chi connectivity index (χ1) is 10.8. The number of likely N-dealkylation sites (N-methyl/N-ethyl adjacent to an activating group) is 1. The summed E-state index contributed by atoms with van der Waals surface area (Å²) >= 11 is 0. The molecule has 0 aliphatic heterocycles. The van der Waals surface area contributed by atoms with E-state index >= 15 is 0 Å². The van der Waals surface area contributed by atoms with Gasteiger partial charge in [0.25, 0.3) is 0 Å². The van der Waals surface area contributed by atoms with E-state index in [1.54, 1.807) is 31.6 Å². The molecule has 1 heterocycles. The van der Waals surface area contributed by atoms with Gasteiger partial charge in [0.1, 0.15) is 11.1 Å². The summed E-state index contributed by atoms with van der Waals surface area (Å²) in [6, 6.07) is 3.42. The van der Waals surface area contributed by atoms with Gasteiger partial charge >= 0.3 is 6.09 Å². The smallest absolute Gasteiger partial charge is 0.410 e. The van der Waals surface area contributed by atoms with Gasteiger partial charge in [-0.05, 0) is 45.7 Å². The Hall–Kier alpha value is -1.91. The zero-order valence-electron chi connectivity index (χ0n) is 14.5. The van der Waals surface area contributed by atoms with Gasteiger partial charge in [-0.25, -0.2) is 4.79 Å². The van der Waals surface area contributed by atoms with Crippen LogP contribution in [0.15, 0.2) is 24.5 Å². The van der Waals surface area contributed by atoms with Crippen LogP contribution in [0.25, 0.3) is 0 Å². The third-order valence-corrected chi connectivity index (χ3v) is 4.36. The number of aromatic nitrogens is 1. The van der Waals surface area contributed by atoms with Crippen LogP contribution in [0.3, 0.4) is 0 Å². The van der Waals surface area contributed by atoms with E-state index < -0.39 is 17.2 Å². The fraction of sp³-hybridized carbons (Fsp3) is 0.611. The second-order valence-corrected chi connectivity index (χ2v) is 7.20. The average Bonchev–Trinajstić information content (AvgIpc) is 2.53. The standard InChI is InChI=1S/C18H26N2O3/c1-17(2,3)23-16(22)20(4)18(10-6-5-7-11-18)15(21)14-8-12-19-13-9-14/h8-9,12-13H,5-7,10-11H2,1-4H3. The topological polar surface area (TPSA) is 59.5 Å². The molecular weight excluding hydrogens is 292 g/mol. The van der Waals surface area contributed by atoms with Crippen molar-refractivity contribution in [2.45, 2.75) is 64.0 Å². The van der Waals surface area contributed by atoms with E-state index in [1.807, 2.05) is 20.8 Å². The summed E-state index contributed by atoms with van der Waals surface area (Å²) in [6.45, 7) is 5.49. The quantitative estimate of drug-likeness (QED) is 0.795. The van der Waals surface area contributed by atoms with Crippen LogP contribution in [0.4, 0.5) is 4.79 Å². The van der Waals surface area contributed by atoms with Crippen LogP contribution in [-0.2, 0) is 4.74 Å². The number of ketones is 1. The molecule has 0 aromatic carbocycles. The summed E-state index contributed by atoms with van der Waals surface area (Å²) in [5.41, 5.74) is -0.805. The Morgan fingerprint density at radius 1 is 1.13 bits per heavy atom. The summed E-state index contributed by atoms with van der Waals surface area (Å²) in [5, 5.41) is 0. The highest BCUT2D eigenvalue weighted by Gasteiger charge is 2.46. The van der Waals surface area contributed by atoms with E-state index in [2.05, 4.69) is 4.98 Å². The SMILES string of the molecule is CN(C(=O)OC(C)(C)C)C1(C(=O)c2ccncc2)CCCCC1. The number of rotatable bonds is 3. The monoisotopic (exact) mass is 318 g/mol. The molecule has 1 aliphatic rings. The largest absolute Gasteiger partial charge is 0.444 e. The summed E-state index contributed by atoms with van der Waals surface area (Å²) < 4.78 is 5.49. The molecule has 5 heteroatoms. The fourth-order valence-corrected chi connectivity index (χ4v) is 3.13. The Morgan fingerprint density at radius 2 is 1.70 bits per heavy atom.